The highest BCUT2D eigenvalue weighted by atomic mass is 35.5. The van der Waals surface area contributed by atoms with Crippen molar-refractivity contribution < 1.29 is 23.4 Å². The fourth-order valence-corrected chi connectivity index (χ4v) is 2.87. The second kappa shape index (κ2) is 7.86. The molecule has 7 heteroatoms. The average molecular weight is 400 g/mol. The summed E-state index contributed by atoms with van der Waals surface area (Å²) in [5.41, 5.74) is 1.53. The number of halogens is 1. The van der Waals surface area contributed by atoms with Crippen molar-refractivity contribution >= 4 is 23.2 Å². The first-order chi connectivity index (χ1) is 13.6. The van der Waals surface area contributed by atoms with Crippen LogP contribution in [0.3, 0.4) is 0 Å². The van der Waals surface area contributed by atoms with Gasteiger partial charge < -0.3 is 23.9 Å². The topological polar surface area (TPSA) is 69.9 Å². The molecule has 1 amide bonds. The van der Waals surface area contributed by atoms with Gasteiger partial charge in [0.15, 0.2) is 17.3 Å². The number of nitrogens with one attached hydrogen (secondary N) is 1. The van der Waals surface area contributed by atoms with E-state index in [9.17, 15) is 4.79 Å². The highest BCUT2D eigenvalue weighted by Gasteiger charge is 2.15. The summed E-state index contributed by atoms with van der Waals surface area (Å²) < 4.78 is 22.3. The molecule has 0 fully saturated rings. The Hall–Kier alpha value is -3.12. The predicted octanol–water partition coefficient (Wildman–Crippen LogP) is 4.84. The van der Waals surface area contributed by atoms with Crippen LogP contribution in [0.15, 0.2) is 52.9 Å². The van der Waals surface area contributed by atoms with Gasteiger partial charge in [-0.05, 0) is 55.0 Å². The number of ether oxygens (including phenoxy) is 3. The zero-order chi connectivity index (χ0) is 19.5. The van der Waals surface area contributed by atoms with Gasteiger partial charge in [-0.15, -0.1) is 0 Å². The number of benzene rings is 2. The van der Waals surface area contributed by atoms with E-state index in [0.717, 1.165) is 5.56 Å². The van der Waals surface area contributed by atoms with E-state index in [1.807, 2.05) is 13.0 Å². The summed E-state index contributed by atoms with van der Waals surface area (Å²) in [7, 11) is 0. The monoisotopic (exact) mass is 399 g/mol. The van der Waals surface area contributed by atoms with Crippen LogP contribution in [0, 0.1) is 6.92 Å². The fourth-order valence-electron chi connectivity index (χ4n) is 2.75. The van der Waals surface area contributed by atoms with Crippen LogP contribution < -0.4 is 19.5 Å². The number of fused-ring (bicyclic) bond motifs is 1. The van der Waals surface area contributed by atoms with Gasteiger partial charge in [-0.2, -0.15) is 0 Å². The third-order valence-electron chi connectivity index (χ3n) is 4.20. The molecule has 2 heterocycles. The maximum atomic E-state index is 12.4. The van der Waals surface area contributed by atoms with E-state index in [2.05, 4.69) is 5.32 Å². The first kappa shape index (κ1) is 18.3. The molecule has 144 valence electrons. The van der Waals surface area contributed by atoms with Crippen molar-refractivity contribution in [2.75, 3.05) is 18.5 Å². The largest absolute Gasteiger partial charge is 0.486 e. The van der Waals surface area contributed by atoms with Crippen LogP contribution in [-0.4, -0.2) is 19.1 Å². The summed E-state index contributed by atoms with van der Waals surface area (Å²) in [4.78, 5) is 12.4. The SMILES string of the molecule is Cc1cc(OCc2ccc(C(=O)Nc3ccc4c(c3)OCCO4)o2)ccc1Cl. The van der Waals surface area contributed by atoms with Gasteiger partial charge in [0.2, 0.25) is 0 Å². The van der Waals surface area contributed by atoms with Crippen molar-refractivity contribution in [1.82, 2.24) is 0 Å². The van der Waals surface area contributed by atoms with Gasteiger partial charge in [-0.1, -0.05) is 11.6 Å². The Morgan fingerprint density at radius 2 is 1.89 bits per heavy atom. The third kappa shape index (κ3) is 4.07. The molecule has 6 nitrogen and oxygen atoms in total. The minimum atomic E-state index is -0.356. The molecule has 3 aromatic rings. The molecule has 0 unspecified atom stereocenters. The van der Waals surface area contributed by atoms with Crippen LogP contribution in [0.2, 0.25) is 5.02 Å². The lowest BCUT2D eigenvalue weighted by Crippen LogP contribution is -2.16. The van der Waals surface area contributed by atoms with Crippen LogP contribution in [-0.2, 0) is 6.61 Å². The molecule has 1 aliphatic rings. The lowest BCUT2D eigenvalue weighted by molar-refractivity contribution is 0.0992. The number of furan rings is 1. The van der Waals surface area contributed by atoms with Crippen LogP contribution in [0.4, 0.5) is 5.69 Å². The van der Waals surface area contributed by atoms with Crippen molar-refractivity contribution in [1.29, 1.82) is 0 Å². The average Bonchev–Trinajstić information content (AvgIpc) is 3.18. The Labute approximate surface area is 167 Å². The van der Waals surface area contributed by atoms with Crippen LogP contribution in [0.5, 0.6) is 17.2 Å². The van der Waals surface area contributed by atoms with E-state index in [0.29, 0.717) is 46.9 Å². The van der Waals surface area contributed by atoms with Gasteiger partial charge in [0, 0.05) is 16.8 Å². The van der Waals surface area contributed by atoms with Gasteiger partial charge in [0.25, 0.3) is 5.91 Å². The van der Waals surface area contributed by atoms with Gasteiger partial charge >= 0.3 is 0 Å². The first-order valence-corrected chi connectivity index (χ1v) is 9.15. The Morgan fingerprint density at radius 1 is 1.07 bits per heavy atom. The number of carbonyl (C=O) groups excluding carboxylic acids is 1. The predicted molar refractivity (Wildman–Crippen MR) is 105 cm³/mol. The summed E-state index contributed by atoms with van der Waals surface area (Å²) in [5.74, 6) is 2.33. The number of hydrogen-bond donors (Lipinski definition) is 1. The van der Waals surface area contributed by atoms with Crippen LogP contribution >= 0.6 is 11.6 Å². The van der Waals surface area contributed by atoms with E-state index in [4.69, 9.17) is 30.2 Å². The van der Waals surface area contributed by atoms with Crippen molar-refractivity contribution in [3.05, 3.63) is 70.6 Å². The van der Waals surface area contributed by atoms with Gasteiger partial charge in [0.05, 0.1) is 0 Å². The second-order valence-corrected chi connectivity index (χ2v) is 6.69. The number of amides is 1. The quantitative estimate of drug-likeness (QED) is 0.664. The van der Waals surface area contributed by atoms with E-state index in [-0.39, 0.29) is 18.3 Å². The minimum absolute atomic E-state index is 0.195. The Balaban J connectivity index is 1.38. The second-order valence-electron chi connectivity index (χ2n) is 6.28. The summed E-state index contributed by atoms with van der Waals surface area (Å²) in [6.07, 6.45) is 0. The summed E-state index contributed by atoms with van der Waals surface area (Å²) in [6.45, 7) is 3.12. The first-order valence-electron chi connectivity index (χ1n) is 8.77. The van der Waals surface area contributed by atoms with Crippen molar-refractivity contribution in [2.24, 2.45) is 0 Å². The van der Waals surface area contributed by atoms with Gasteiger partial charge in [-0.25, -0.2) is 0 Å². The summed E-state index contributed by atoms with van der Waals surface area (Å²) >= 11 is 6.01. The standard InChI is InChI=1S/C21H18ClNO5/c1-13-10-15(3-5-17(13)22)27-12-16-4-7-19(28-16)21(24)23-14-2-6-18-20(11-14)26-9-8-25-18/h2-7,10-11H,8-9,12H2,1H3,(H,23,24). The Kier molecular flexibility index (Phi) is 5.12. The lowest BCUT2D eigenvalue weighted by atomic mass is 10.2. The molecule has 4 rings (SSSR count). The van der Waals surface area contributed by atoms with Crippen molar-refractivity contribution in [2.45, 2.75) is 13.5 Å². The maximum Gasteiger partial charge on any atom is 0.291 e. The Bertz CT molecular complexity index is 1010. The molecular weight excluding hydrogens is 382 g/mol. The smallest absolute Gasteiger partial charge is 0.291 e. The number of rotatable bonds is 5. The third-order valence-corrected chi connectivity index (χ3v) is 4.62. The van der Waals surface area contributed by atoms with Crippen molar-refractivity contribution in [3.8, 4) is 17.2 Å². The fraction of sp³-hybridized carbons (Fsp3) is 0.190. The maximum absolute atomic E-state index is 12.4. The van der Waals surface area contributed by atoms with E-state index in [1.54, 1.807) is 42.5 Å². The molecule has 0 saturated heterocycles. The highest BCUT2D eigenvalue weighted by Crippen LogP contribution is 2.32. The Morgan fingerprint density at radius 3 is 2.71 bits per heavy atom. The van der Waals surface area contributed by atoms with E-state index >= 15 is 0 Å². The van der Waals surface area contributed by atoms with Crippen LogP contribution in [0.25, 0.3) is 0 Å². The molecule has 1 aliphatic heterocycles. The van der Waals surface area contributed by atoms with Crippen LogP contribution in [0.1, 0.15) is 21.9 Å². The molecule has 0 radical (unpaired) electrons. The molecule has 1 N–H and O–H groups in total. The number of hydrogen-bond acceptors (Lipinski definition) is 5. The molecular formula is C21H18ClNO5. The normalized spacial score (nSPS) is 12.5. The van der Waals surface area contributed by atoms with Gasteiger partial charge in [0.1, 0.15) is 31.3 Å². The minimum Gasteiger partial charge on any atom is -0.486 e. The van der Waals surface area contributed by atoms with Gasteiger partial charge in [-0.3, -0.25) is 4.79 Å². The number of anilines is 1. The van der Waals surface area contributed by atoms with E-state index in [1.165, 1.54) is 0 Å². The molecule has 1 aromatic heterocycles. The number of aryl methyl sites for hydroxylation is 1. The molecule has 0 aliphatic carbocycles. The highest BCUT2D eigenvalue weighted by molar-refractivity contribution is 6.31. The molecule has 0 bridgehead atoms. The summed E-state index contributed by atoms with van der Waals surface area (Å²) in [6, 6.07) is 14.0. The number of carbonyl (C=O) groups is 1. The zero-order valence-corrected chi connectivity index (χ0v) is 15.9. The molecule has 0 spiro atoms. The molecule has 0 atom stereocenters. The van der Waals surface area contributed by atoms with E-state index < -0.39 is 0 Å². The zero-order valence-electron chi connectivity index (χ0n) is 15.2. The van der Waals surface area contributed by atoms with Crippen molar-refractivity contribution in [3.63, 3.8) is 0 Å². The molecule has 0 saturated carbocycles. The summed E-state index contributed by atoms with van der Waals surface area (Å²) in [5, 5.41) is 3.47. The molecule has 2 aromatic carbocycles. The molecule has 28 heavy (non-hydrogen) atoms. The lowest BCUT2D eigenvalue weighted by Gasteiger charge is -2.18.